The van der Waals surface area contributed by atoms with Crippen LogP contribution in [0.2, 0.25) is 0 Å². The lowest BCUT2D eigenvalue weighted by Crippen LogP contribution is -2.49. The van der Waals surface area contributed by atoms with Gasteiger partial charge in [-0.2, -0.15) is 0 Å². The van der Waals surface area contributed by atoms with E-state index < -0.39 is 0 Å². The molecule has 3 rings (SSSR count). The first-order valence-corrected chi connectivity index (χ1v) is 8.99. The summed E-state index contributed by atoms with van der Waals surface area (Å²) in [5, 5.41) is 7.40. The molecule has 2 heterocycles. The Morgan fingerprint density at radius 3 is 2.75 bits per heavy atom. The van der Waals surface area contributed by atoms with Crippen LogP contribution < -0.4 is 10.6 Å². The van der Waals surface area contributed by atoms with Gasteiger partial charge in [0.05, 0.1) is 13.7 Å². The zero-order valence-corrected chi connectivity index (χ0v) is 18.6. The van der Waals surface area contributed by atoms with Crippen LogP contribution in [-0.4, -0.2) is 50.2 Å². The Labute approximate surface area is 180 Å². The van der Waals surface area contributed by atoms with Crippen LogP contribution in [0.4, 0.5) is 9.18 Å². The first kappa shape index (κ1) is 22.3. The predicted octanol–water partition coefficient (Wildman–Crippen LogP) is 3.39. The van der Waals surface area contributed by atoms with Crippen LogP contribution in [0.1, 0.15) is 24.2 Å². The van der Waals surface area contributed by atoms with Crippen LogP contribution in [0.15, 0.2) is 27.6 Å². The number of carbonyl (C=O) groups is 1. The van der Waals surface area contributed by atoms with E-state index in [9.17, 15) is 9.18 Å². The fraction of sp³-hybridized carbons (Fsp3) is 0.474. The molecule has 9 heteroatoms. The average Bonchev–Trinajstić information content (AvgIpc) is 3.00. The number of furan rings is 1. The Balaban J connectivity index is 0.00000280. The van der Waals surface area contributed by atoms with E-state index in [1.165, 1.54) is 19.2 Å². The molecule has 1 aromatic heterocycles. The van der Waals surface area contributed by atoms with E-state index >= 15 is 0 Å². The lowest BCUT2D eigenvalue weighted by atomic mass is 10.1. The van der Waals surface area contributed by atoms with E-state index in [-0.39, 0.29) is 41.9 Å². The normalized spacial score (nSPS) is 15.3. The molecule has 0 aliphatic carbocycles. The van der Waals surface area contributed by atoms with Crippen LogP contribution in [-0.2, 0) is 11.3 Å². The number of benzene rings is 1. The van der Waals surface area contributed by atoms with Crippen LogP contribution >= 0.6 is 24.0 Å². The van der Waals surface area contributed by atoms with Crippen LogP contribution in [0.3, 0.4) is 0 Å². The molecular weight excluding hydrogens is 478 g/mol. The maximum Gasteiger partial charge on any atom is 0.409 e. The summed E-state index contributed by atoms with van der Waals surface area (Å²) in [6.45, 7) is 3.66. The predicted molar refractivity (Wildman–Crippen MR) is 117 cm³/mol. The minimum Gasteiger partial charge on any atom is -0.459 e. The number of aryl methyl sites for hydroxylation is 1. The molecule has 0 bridgehead atoms. The topological polar surface area (TPSA) is 79.1 Å². The quantitative estimate of drug-likeness (QED) is 0.381. The van der Waals surface area contributed by atoms with Crippen molar-refractivity contribution in [1.29, 1.82) is 0 Å². The lowest BCUT2D eigenvalue weighted by Gasteiger charge is -2.32. The molecule has 1 saturated heterocycles. The molecular formula is C19H26FIN4O3. The van der Waals surface area contributed by atoms with Gasteiger partial charge in [0.25, 0.3) is 0 Å². The molecule has 1 aliphatic heterocycles. The number of aliphatic imine (C=N–C) groups is 1. The molecule has 0 saturated carbocycles. The van der Waals surface area contributed by atoms with E-state index in [1.807, 2.05) is 6.92 Å². The Hall–Kier alpha value is -2.04. The molecule has 2 N–H and O–H groups in total. The number of methoxy groups -OCH3 is 1. The Kier molecular flexibility index (Phi) is 7.90. The van der Waals surface area contributed by atoms with Gasteiger partial charge in [0.15, 0.2) is 5.96 Å². The molecule has 0 radical (unpaired) electrons. The van der Waals surface area contributed by atoms with Gasteiger partial charge in [0, 0.05) is 37.1 Å². The van der Waals surface area contributed by atoms with Gasteiger partial charge < -0.3 is 24.7 Å². The fourth-order valence-electron chi connectivity index (χ4n) is 3.30. The summed E-state index contributed by atoms with van der Waals surface area (Å²) in [7, 11) is 3.10. The zero-order chi connectivity index (χ0) is 19.4. The van der Waals surface area contributed by atoms with Gasteiger partial charge in [-0.05, 0) is 38.0 Å². The van der Waals surface area contributed by atoms with Gasteiger partial charge in [0.2, 0.25) is 0 Å². The Morgan fingerprint density at radius 1 is 1.39 bits per heavy atom. The van der Waals surface area contributed by atoms with Crippen LogP contribution in [0.25, 0.3) is 11.0 Å². The number of carbonyl (C=O) groups excluding carboxylic acids is 1. The second-order valence-corrected chi connectivity index (χ2v) is 6.59. The van der Waals surface area contributed by atoms with Crippen molar-refractivity contribution in [2.24, 2.45) is 4.99 Å². The van der Waals surface area contributed by atoms with E-state index in [1.54, 1.807) is 18.0 Å². The van der Waals surface area contributed by atoms with E-state index in [2.05, 4.69) is 15.6 Å². The van der Waals surface area contributed by atoms with Crippen molar-refractivity contribution < 1.29 is 18.3 Å². The van der Waals surface area contributed by atoms with Crippen molar-refractivity contribution >= 4 is 47.0 Å². The third-order valence-electron chi connectivity index (χ3n) is 4.91. The van der Waals surface area contributed by atoms with Crippen molar-refractivity contribution in [2.75, 3.05) is 27.2 Å². The first-order valence-electron chi connectivity index (χ1n) is 8.99. The number of nitrogens with zero attached hydrogens (tertiary/aromatic N) is 2. The summed E-state index contributed by atoms with van der Waals surface area (Å²) in [5.74, 6) is 1.14. The van der Waals surface area contributed by atoms with Gasteiger partial charge in [-0.1, -0.05) is 0 Å². The number of hydrogen-bond acceptors (Lipinski definition) is 4. The van der Waals surface area contributed by atoms with Crippen molar-refractivity contribution in [3.63, 3.8) is 0 Å². The number of piperidine rings is 1. The van der Waals surface area contributed by atoms with Gasteiger partial charge in [-0.15, -0.1) is 24.0 Å². The number of amides is 1. The second-order valence-electron chi connectivity index (χ2n) is 6.59. The SMILES string of the molecule is CN=C(NCc1oc2ccc(F)cc2c1C)NC1CCN(C(=O)OC)CC1.I. The lowest BCUT2D eigenvalue weighted by molar-refractivity contribution is 0.111. The van der Waals surface area contributed by atoms with Crippen molar-refractivity contribution in [1.82, 2.24) is 15.5 Å². The third-order valence-corrected chi connectivity index (χ3v) is 4.91. The molecule has 7 nitrogen and oxygen atoms in total. The van der Waals surface area contributed by atoms with Gasteiger partial charge in [-0.25, -0.2) is 9.18 Å². The molecule has 1 fully saturated rings. The summed E-state index contributed by atoms with van der Waals surface area (Å²) in [6, 6.07) is 4.75. The molecule has 0 unspecified atom stereocenters. The molecule has 154 valence electrons. The monoisotopic (exact) mass is 504 g/mol. The van der Waals surface area contributed by atoms with Crippen LogP contribution in [0, 0.1) is 12.7 Å². The number of guanidine groups is 1. The summed E-state index contributed by atoms with van der Waals surface area (Å²) in [4.78, 5) is 17.5. The summed E-state index contributed by atoms with van der Waals surface area (Å²) in [5.41, 5.74) is 1.59. The van der Waals surface area contributed by atoms with Crippen molar-refractivity contribution in [2.45, 2.75) is 32.4 Å². The summed E-state index contributed by atoms with van der Waals surface area (Å²) < 4.78 is 24.0. The molecule has 0 atom stereocenters. The standard InChI is InChI=1S/C19H25FN4O3.HI/c1-12-15-10-13(20)4-5-16(15)27-17(12)11-22-18(21-2)23-14-6-8-24(9-7-14)19(25)26-3;/h4-5,10,14H,6-9,11H2,1-3H3,(H2,21,22,23);1H. The van der Waals surface area contributed by atoms with Crippen LogP contribution in [0.5, 0.6) is 0 Å². The minimum atomic E-state index is -0.284. The minimum absolute atomic E-state index is 0. The summed E-state index contributed by atoms with van der Waals surface area (Å²) in [6.07, 6.45) is 1.35. The molecule has 1 amide bonds. The highest BCUT2D eigenvalue weighted by atomic mass is 127. The smallest absolute Gasteiger partial charge is 0.409 e. The maximum atomic E-state index is 13.4. The number of rotatable bonds is 3. The molecule has 28 heavy (non-hydrogen) atoms. The van der Waals surface area contributed by atoms with E-state index in [4.69, 9.17) is 9.15 Å². The maximum absolute atomic E-state index is 13.4. The van der Waals surface area contributed by atoms with Crippen molar-refractivity contribution in [3.05, 3.63) is 35.3 Å². The molecule has 1 aromatic carbocycles. The molecule has 2 aromatic rings. The van der Waals surface area contributed by atoms with Gasteiger partial charge in [0.1, 0.15) is 17.2 Å². The number of hydrogen-bond donors (Lipinski definition) is 2. The second kappa shape index (κ2) is 9.94. The number of ether oxygens (including phenoxy) is 1. The fourth-order valence-corrected chi connectivity index (χ4v) is 3.30. The molecule has 0 spiro atoms. The van der Waals surface area contributed by atoms with E-state index in [0.29, 0.717) is 31.2 Å². The Bertz CT molecular complexity index is 847. The highest BCUT2D eigenvalue weighted by molar-refractivity contribution is 14.0. The third kappa shape index (κ3) is 5.06. The largest absolute Gasteiger partial charge is 0.459 e. The average molecular weight is 504 g/mol. The molecule has 1 aliphatic rings. The zero-order valence-electron chi connectivity index (χ0n) is 16.3. The number of halogens is 2. The van der Waals surface area contributed by atoms with Crippen molar-refractivity contribution in [3.8, 4) is 0 Å². The number of fused-ring (bicyclic) bond motifs is 1. The Morgan fingerprint density at radius 2 is 2.11 bits per heavy atom. The highest BCUT2D eigenvalue weighted by Gasteiger charge is 2.23. The summed E-state index contributed by atoms with van der Waals surface area (Å²) >= 11 is 0. The first-order chi connectivity index (χ1) is 13.0. The van der Waals surface area contributed by atoms with E-state index in [0.717, 1.165) is 29.6 Å². The highest BCUT2D eigenvalue weighted by Crippen LogP contribution is 2.25. The van der Waals surface area contributed by atoms with Gasteiger partial charge in [-0.3, -0.25) is 4.99 Å². The van der Waals surface area contributed by atoms with Gasteiger partial charge >= 0.3 is 6.09 Å². The number of likely N-dealkylation sites (tertiary alicyclic amines) is 1. The number of nitrogens with one attached hydrogen (secondary N) is 2.